The molecule has 0 saturated carbocycles. The number of allylic oxidation sites excluding steroid dienone is 3. The molecule has 0 radical (unpaired) electrons. The summed E-state index contributed by atoms with van der Waals surface area (Å²) in [6.45, 7) is 6.63. The molecular weight excluding hydrogens is 203 g/mol. The number of halogens is 2. The molecule has 9 heavy (non-hydrogen) atoms. The monoisotopic (exact) mass is 208 g/mol. The Morgan fingerprint density at radius 1 is 1.56 bits per heavy atom. The molecule has 0 atom stereocenters. The summed E-state index contributed by atoms with van der Waals surface area (Å²) in [4.78, 5) is 0. The van der Waals surface area contributed by atoms with E-state index in [-0.39, 0.29) is 5.76 Å². The Morgan fingerprint density at radius 3 is 2.11 bits per heavy atom. The highest BCUT2D eigenvalue weighted by atomic mass is 79.9. The molecule has 0 aliphatic heterocycles. The van der Waals surface area contributed by atoms with Crippen LogP contribution in [0.5, 0.6) is 0 Å². The van der Waals surface area contributed by atoms with E-state index in [0.717, 1.165) is 0 Å². The molecule has 0 bridgehead atoms. The van der Waals surface area contributed by atoms with Gasteiger partial charge in [0.25, 0.3) is 0 Å². The van der Waals surface area contributed by atoms with E-state index in [1.165, 1.54) is 6.08 Å². The summed E-state index contributed by atoms with van der Waals surface area (Å²) < 4.78 is 0.447. The molecule has 0 heterocycles. The first-order valence-corrected chi connectivity index (χ1v) is 3.31. The van der Waals surface area contributed by atoms with Gasteiger partial charge >= 0.3 is 0 Å². The van der Waals surface area contributed by atoms with E-state index in [1.54, 1.807) is 0 Å². The summed E-state index contributed by atoms with van der Waals surface area (Å²) in [5, 5.41) is 9.00. The molecule has 0 saturated heterocycles. The molecule has 0 aliphatic carbocycles. The second kappa shape index (κ2) is 3.75. The Labute approximate surface area is 67.5 Å². The average molecular weight is 209 g/mol. The Balaban J connectivity index is 4.17. The van der Waals surface area contributed by atoms with Crippen molar-refractivity contribution in [3.63, 3.8) is 0 Å². The largest absolute Gasteiger partial charge is 0.507 e. The minimum atomic E-state index is -0.0585. The zero-order valence-corrected chi connectivity index (χ0v) is 7.04. The standard InChI is InChI=1S/C6H6BrClO/c1-4(8)3-6(7)5(2)9/h3,9H,1-2H2/b6-3+. The minimum Gasteiger partial charge on any atom is -0.507 e. The van der Waals surface area contributed by atoms with Gasteiger partial charge in [-0.05, 0) is 22.0 Å². The molecule has 0 unspecified atom stereocenters. The predicted octanol–water partition coefficient (Wildman–Crippen LogP) is 3.09. The molecule has 3 heteroatoms. The van der Waals surface area contributed by atoms with Crippen molar-refractivity contribution in [1.82, 2.24) is 0 Å². The molecule has 0 aliphatic rings. The summed E-state index contributed by atoms with van der Waals surface area (Å²) in [5.41, 5.74) is 0. The van der Waals surface area contributed by atoms with Crippen LogP contribution in [0.15, 0.2) is 34.5 Å². The van der Waals surface area contributed by atoms with Crippen LogP contribution < -0.4 is 0 Å². The van der Waals surface area contributed by atoms with Crippen LogP contribution in [0.2, 0.25) is 0 Å². The molecule has 0 rings (SSSR count). The smallest absolute Gasteiger partial charge is 0.122 e. The van der Waals surface area contributed by atoms with Crippen molar-refractivity contribution in [3.05, 3.63) is 34.5 Å². The van der Waals surface area contributed by atoms with Crippen LogP contribution in [0, 0.1) is 0 Å². The topological polar surface area (TPSA) is 20.2 Å². The van der Waals surface area contributed by atoms with Crippen molar-refractivity contribution in [2.75, 3.05) is 0 Å². The van der Waals surface area contributed by atoms with E-state index >= 15 is 0 Å². The lowest BCUT2D eigenvalue weighted by Crippen LogP contribution is -1.74. The van der Waals surface area contributed by atoms with Crippen LogP contribution >= 0.6 is 27.5 Å². The highest BCUT2D eigenvalue weighted by molar-refractivity contribution is 9.11. The molecule has 0 aromatic carbocycles. The Morgan fingerprint density at radius 2 is 2.00 bits per heavy atom. The SMILES string of the molecule is C=C(Cl)/C=C(/Br)C(=C)O. The number of hydrogen-bond donors (Lipinski definition) is 1. The third-order valence-corrected chi connectivity index (χ3v) is 1.35. The van der Waals surface area contributed by atoms with E-state index < -0.39 is 0 Å². The first kappa shape index (κ1) is 8.79. The van der Waals surface area contributed by atoms with Gasteiger partial charge in [0.1, 0.15) is 5.76 Å². The van der Waals surface area contributed by atoms with Gasteiger partial charge in [-0.15, -0.1) is 0 Å². The molecular formula is C6H6BrClO. The van der Waals surface area contributed by atoms with Gasteiger partial charge in [0.05, 0.1) is 4.48 Å². The van der Waals surface area contributed by atoms with Crippen molar-refractivity contribution >= 4 is 27.5 Å². The summed E-state index contributed by atoms with van der Waals surface area (Å²) in [7, 11) is 0. The van der Waals surface area contributed by atoms with Gasteiger partial charge in [0.15, 0.2) is 0 Å². The van der Waals surface area contributed by atoms with Gasteiger partial charge in [-0.1, -0.05) is 24.8 Å². The lowest BCUT2D eigenvalue weighted by Gasteiger charge is -1.91. The van der Waals surface area contributed by atoms with Gasteiger partial charge in [0.2, 0.25) is 0 Å². The first-order chi connectivity index (χ1) is 4.04. The van der Waals surface area contributed by atoms with Crippen molar-refractivity contribution in [2.24, 2.45) is 0 Å². The Kier molecular flexibility index (Phi) is 3.66. The van der Waals surface area contributed by atoms with E-state index in [2.05, 4.69) is 29.1 Å². The van der Waals surface area contributed by atoms with E-state index in [1.807, 2.05) is 0 Å². The molecule has 0 aromatic heterocycles. The zero-order valence-electron chi connectivity index (χ0n) is 4.69. The second-order valence-corrected chi connectivity index (χ2v) is 2.73. The van der Waals surface area contributed by atoms with Crippen LogP contribution in [-0.2, 0) is 0 Å². The molecule has 50 valence electrons. The predicted molar refractivity (Wildman–Crippen MR) is 43.8 cm³/mol. The van der Waals surface area contributed by atoms with Gasteiger partial charge in [-0.25, -0.2) is 0 Å². The van der Waals surface area contributed by atoms with Crippen LogP contribution in [0.25, 0.3) is 0 Å². The molecule has 0 amide bonds. The summed E-state index contributed by atoms with van der Waals surface area (Å²) in [6.07, 6.45) is 1.46. The maximum Gasteiger partial charge on any atom is 0.122 e. The molecule has 0 aromatic rings. The highest BCUT2D eigenvalue weighted by Crippen LogP contribution is 2.15. The molecule has 1 nitrogen and oxygen atoms in total. The summed E-state index contributed by atoms with van der Waals surface area (Å²) in [6, 6.07) is 0. The van der Waals surface area contributed by atoms with Crippen LogP contribution in [0.4, 0.5) is 0 Å². The molecule has 0 spiro atoms. The summed E-state index contributed by atoms with van der Waals surface area (Å²) >= 11 is 8.37. The number of aliphatic hydroxyl groups excluding tert-OH is 1. The Bertz CT molecular complexity index is 172. The van der Waals surface area contributed by atoms with Gasteiger partial charge in [-0.3, -0.25) is 0 Å². The maximum absolute atomic E-state index is 8.66. The van der Waals surface area contributed by atoms with Crippen molar-refractivity contribution < 1.29 is 5.11 Å². The van der Waals surface area contributed by atoms with E-state index in [9.17, 15) is 0 Å². The van der Waals surface area contributed by atoms with Crippen molar-refractivity contribution in [2.45, 2.75) is 0 Å². The second-order valence-electron chi connectivity index (χ2n) is 1.39. The lowest BCUT2D eigenvalue weighted by molar-refractivity contribution is 0.433. The van der Waals surface area contributed by atoms with E-state index in [0.29, 0.717) is 9.51 Å². The average Bonchev–Trinajstić information content (AvgIpc) is 1.63. The lowest BCUT2D eigenvalue weighted by atomic mass is 10.4. The van der Waals surface area contributed by atoms with Crippen LogP contribution in [0.3, 0.4) is 0 Å². The van der Waals surface area contributed by atoms with Gasteiger partial charge < -0.3 is 5.11 Å². The maximum atomic E-state index is 8.66. The minimum absolute atomic E-state index is 0.0585. The van der Waals surface area contributed by atoms with Gasteiger partial charge in [0, 0.05) is 5.03 Å². The third-order valence-electron chi connectivity index (χ3n) is 0.559. The number of hydrogen-bond acceptors (Lipinski definition) is 1. The third kappa shape index (κ3) is 4.30. The molecule has 0 fully saturated rings. The number of aliphatic hydroxyl groups is 1. The fraction of sp³-hybridized carbons (Fsp3) is 0. The van der Waals surface area contributed by atoms with Crippen LogP contribution in [0.1, 0.15) is 0 Å². The first-order valence-electron chi connectivity index (χ1n) is 2.14. The Hall–Kier alpha value is -0.210. The van der Waals surface area contributed by atoms with Gasteiger partial charge in [-0.2, -0.15) is 0 Å². The fourth-order valence-corrected chi connectivity index (χ4v) is 0.738. The molecule has 1 N–H and O–H groups in total. The quantitative estimate of drug-likeness (QED) is 0.547. The normalized spacial score (nSPS) is 11.1. The highest BCUT2D eigenvalue weighted by Gasteiger charge is 1.92. The number of rotatable bonds is 2. The van der Waals surface area contributed by atoms with Crippen molar-refractivity contribution in [3.8, 4) is 0 Å². The zero-order chi connectivity index (χ0) is 7.44. The van der Waals surface area contributed by atoms with E-state index in [4.69, 9.17) is 16.7 Å². The summed E-state index contributed by atoms with van der Waals surface area (Å²) in [5.74, 6) is -0.0585. The van der Waals surface area contributed by atoms with Crippen molar-refractivity contribution in [1.29, 1.82) is 0 Å². The van der Waals surface area contributed by atoms with Crippen LogP contribution in [-0.4, -0.2) is 5.11 Å². The fourth-order valence-electron chi connectivity index (χ4n) is 0.221.